The van der Waals surface area contributed by atoms with Gasteiger partial charge >= 0.3 is 0 Å². The maximum absolute atomic E-state index is 8.65. The van der Waals surface area contributed by atoms with Crippen LogP contribution in [0.25, 0.3) is 0 Å². The summed E-state index contributed by atoms with van der Waals surface area (Å²) in [6.07, 6.45) is 3.43. The Kier molecular flexibility index (Phi) is 3.09. The normalized spacial score (nSPS) is 11.7. The molecule has 0 bridgehead atoms. The van der Waals surface area contributed by atoms with Gasteiger partial charge in [0.25, 0.3) is 0 Å². The number of hydrogen-bond acceptors (Lipinski definition) is 3. The van der Waals surface area contributed by atoms with E-state index in [4.69, 9.17) is 10.9 Å². The zero-order valence-corrected chi connectivity index (χ0v) is 9.54. The number of oxime groups is 1. The molecular formula is C12H14N4O. The lowest BCUT2D eigenvalue weighted by Gasteiger charge is -2.07. The molecule has 0 spiro atoms. The van der Waals surface area contributed by atoms with Crippen LogP contribution in [0.1, 0.15) is 17.0 Å². The fourth-order valence-corrected chi connectivity index (χ4v) is 1.72. The van der Waals surface area contributed by atoms with E-state index in [0.29, 0.717) is 12.4 Å². The molecule has 2 rings (SSSR count). The van der Waals surface area contributed by atoms with Crippen molar-refractivity contribution < 1.29 is 5.21 Å². The lowest BCUT2D eigenvalue weighted by atomic mass is 10.1. The number of nitrogens with two attached hydrogens (primary N) is 1. The van der Waals surface area contributed by atoms with Crippen LogP contribution in [0.15, 0.2) is 41.8 Å². The van der Waals surface area contributed by atoms with Crippen LogP contribution in [0.2, 0.25) is 0 Å². The highest BCUT2D eigenvalue weighted by Gasteiger charge is 2.07. The summed E-state index contributed by atoms with van der Waals surface area (Å²) in [7, 11) is 0. The lowest BCUT2D eigenvalue weighted by Crippen LogP contribution is -2.19. The first-order valence-electron chi connectivity index (χ1n) is 5.25. The Morgan fingerprint density at radius 3 is 3.06 bits per heavy atom. The number of nitrogens with zero attached hydrogens (tertiary/aromatic N) is 3. The SMILES string of the molecule is Cc1cccc(Cn2ccnc2C(N)=NO)c1. The van der Waals surface area contributed by atoms with Gasteiger partial charge in [0.1, 0.15) is 0 Å². The molecule has 0 radical (unpaired) electrons. The van der Waals surface area contributed by atoms with Crippen LogP contribution in [0.5, 0.6) is 0 Å². The third-order valence-electron chi connectivity index (χ3n) is 2.49. The fraction of sp³-hybridized carbons (Fsp3) is 0.167. The molecule has 1 aromatic heterocycles. The minimum absolute atomic E-state index is 0.0163. The first kappa shape index (κ1) is 11.2. The fourth-order valence-electron chi connectivity index (χ4n) is 1.72. The van der Waals surface area contributed by atoms with Crippen molar-refractivity contribution >= 4 is 5.84 Å². The molecule has 3 N–H and O–H groups in total. The third-order valence-corrected chi connectivity index (χ3v) is 2.49. The van der Waals surface area contributed by atoms with Crippen molar-refractivity contribution in [1.29, 1.82) is 0 Å². The van der Waals surface area contributed by atoms with E-state index in [-0.39, 0.29) is 5.84 Å². The topological polar surface area (TPSA) is 76.4 Å². The molecule has 1 aromatic carbocycles. The Morgan fingerprint density at radius 1 is 1.53 bits per heavy atom. The van der Waals surface area contributed by atoms with E-state index in [1.54, 1.807) is 12.4 Å². The van der Waals surface area contributed by atoms with Crippen LogP contribution in [0, 0.1) is 6.92 Å². The number of aryl methyl sites for hydroxylation is 1. The number of benzene rings is 1. The van der Waals surface area contributed by atoms with Gasteiger partial charge in [0.05, 0.1) is 0 Å². The molecule has 0 unspecified atom stereocenters. The Hall–Kier alpha value is -2.30. The number of amidine groups is 1. The first-order valence-corrected chi connectivity index (χ1v) is 5.25. The smallest absolute Gasteiger partial charge is 0.206 e. The van der Waals surface area contributed by atoms with Crippen LogP contribution in [-0.4, -0.2) is 20.6 Å². The number of aromatic nitrogens is 2. The molecule has 5 heteroatoms. The minimum Gasteiger partial charge on any atom is -0.409 e. The maximum Gasteiger partial charge on any atom is 0.206 e. The molecule has 5 nitrogen and oxygen atoms in total. The molecule has 88 valence electrons. The highest BCUT2D eigenvalue weighted by atomic mass is 16.4. The average molecular weight is 230 g/mol. The Morgan fingerprint density at radius 2 is 2.35 bits per heavy atom. The summed E-state index contributed by atoms with van der Waals surface area (Å²) in [5.74, 6) is 0.483. The Balaban J connectivity index is 2.28. The molecule has 0 aliphatic rings. The highest BCUT2D eigenvalue weighted by Crippen LogP contribution is 2.08. The minimum atomic E-state index is 0.0163. The van der Waals surface area contributed by atoms with Gasteiger partial charge in [-0.2, -0.15) is 0 Å². The largest absolute Gasteiger partial charge is 0.409 e. The van der Waals surface area contributed by atoms with Gasteiger partial charge in [-0.15, -0.1) is 0 Å². The molecule has 2 aromatic rings. The molecule has 0 fully saturated rings. The molecule has 0 amide bonds. The number of hydrogen-bond donors (Lipinski definition) is 2. The second-order valence-corrected chi connectivity index (χ2v) is 3.85. The lowest BCUT2D eigenvalue weighted by molar-refractivity contribution is 0.318. The summed E-state index contributed by atoms with van der Waals surface area (Å²) >= 11 is 0. The van der Waals surface area contributed by atoms with Gasteiger partial charge in [0.2, 0.25) is 5.84 Å². The molecule has 1 heterocycles. The molecule has 0 aliphatic carbocycles. The maximum atomic E-state index is 8.65. The van der Waals surface area contributed by atoms with Crippen LogP contribution >= 0.6 is 0 Å². The van der Waals surface area contributed by atoms with Gasteiger partial charge in [-0.1, -0.05) is 35.0 Å². The Bertz CT molecular complexity index is 545. The summed E-state index contributed by atoms with van der Waals surface area (Å²) in [6, 6.07) is 8.17. The average Bonchev–Trinajstić information content (AvgIpc) is 2.76. The first-order chi connectivity index (χ1) is 8.20. The molecular weight excluding hydrogens is 216 g/mol. The van der Waals surface area contributed by atoms with Gasteiger partial charge in [-0.3, -0.25) is 0 Å². The zero-order chi connectivity index (χ0) is 12.3. The summed E-state index contributed by atoms with van der Waals surface area (Å²) < 4.78 is 1.84. The standard InChI is InChI=1S/C12H14N4O/c1-9-3-2-4-10(7-9)8-16-6-5-14-12(16)11(13)15-17/h2-7,17H,8H2,1H3,(H2,13,15). The summed E-state index contributed by atoms with van der Waals surface area (Å²) in [5.41, 5.74) is 7.89. The summed E-state index contributed by atoms with van der Waals surface area (Å²) in [5, 5.41) is 11.6. The van der Waals surface area contributed by atoms with Crippen LogP contribution in [0.3, 0.4) is 0 Å². The van der Waals surface area contributed by atoms with Crippen LogP contribution in [-0.2, 0) is 6.54 Å². The summed E-state index contributed by atoms with van der Waals surface area (Å²) in [6.45, 7) is 2.69. The van der Waals surface area contributed by atoms with Crippen LogP contribution in [0.4, 0.5) is 0 Å². The van der Waals surface area contributed by atoms with Gasteiger partial charge < -0.3 is 15.5 Å². The van der Waals surface area contributed by atoms with Gasteiger partial charge in [-0.05, 0) is 12.5 Å². The van der Waals surface area contributed by atoms with E-state index in [2.05, 4.69) is 16.2 Å². The van der Waals surface area contributed by atoms with Crippen molar-refractivity contribution in [3.05, 3.63) is 53.6 Å². The number of imidazole rings is 1. The quantitative estimate of drug-likeness (QED) is 0.361. The van der Waals surface area contributed by atoms with E-state index in [1.807, 2.05) is 29.7 Å². The third kappa shape index (κ3) is 2.44. The van der Waals surface area contributed by atoms with Crippen molar-refractivity contribution in [3.63, 3.8) is 0 Å². The molecule has 0 aliphatic heterocycles. The molecule has 0 saturated carbocycles. The molecule has 17 heavy (non-hydrogen) atoms. The highest BCUT2D eigenvalue weighted by molar-refractivity contribution is 5.93. The second-order valence-electron chi connectivity index (χ2n) is 3.85. The van der Waals surface area contributed by atoms with Crippen molar-refractivity contribution in [2.45, 2.75) is 13.5 Å². The predicted molar refractivity (Wildman–Crippen MR) is 65.0 cm³/mol. The van der Waals surface area contributed by atoms with E-state index in [0.717, 1.165) is 5.56 Å². The predicted octanol–water partition coefficient (Wildman–Crippen LogP) is 1.33. The second kappa shape index (κ2) is 4.69. The van der Waals surface area contributed by atoms with Crippen molar-refractivity contribution in [1.82, 2.24) is 9.55 Å². The van der Waals surface area contributed by atoms with Crippen molar-refractivity contribution in [2.75, 3.05) is 0 Å². The molecule has 0 atom stereocenters. The summed E-state index contributed by atoms with van der Waals surface area (Å²) in [4.78, 5) is 4.05. The molecule has 0 saturated heterocycles. The van der Waals surface area contributed by atoms with E-state index in [9.17, 15) is 0 Å². The van der Waals surface area contributed by atoms with E-state index in [1.165, 1.54) is 5.56 Å². The van der Waals surface area contributed by atoms with Crippen molar-refractivity contribution in [3.8, 4) is 0 Å². The van der Waals surface area contributed by atoms with Gasteiger partial charge in [0.15, 0.2) is 5.82 Å². The number of rotatable bonds is 3. The zero-order valence-electron chi connectivity index (χ0n) is 9.54. The van der Waals surface area contributed by atoms with Crippen LogP contribution < -0.4 is 5.73 Å². The van der Waals surface area contributed by atoms with Gasteiger partial charge in [0, 0.05) is 18.9 Å². The van der Waals surface area contributed by atoms with Crippen molar-refractivity contribution in [2.24, 2.45) is 10.9 Å². The Labute approximate surface area is 99.2 Å². The van der Waals surface area contributed by atoms with E-state index >= 15 is 0 Å². The van der Waals surface area contributed by atoms with Gasteiger partial charge in [-0.25, -0.2) is 4.98 Å². The van der Waals surface area contributed by atoms with E-state index < -0.39 is 0 Å². The monoisotopic (exact) mass is 230 g/mol.